The second-order valence-corrected chi connectivity index (χ2v) is 7.12. The molecule has 0 radical (unpaired) electrons. The van der Waals surface area contributed by atoms with Crippen molar-refractivity contribution in [3.8, 4) is 28.3 Å². The molecule has 0 aliphatic carbocycles. The van der Waals surface area contributed by atoms with Gasteiger partial charge in [0, 0.05) is 18.2 Å². The fraction of sp³-hybridized carbons (Fsp3) is 0.0833. The Kier molecular flexibility index (Phi) is 3.95. The van der Waals surface area contributed by atoms with Gasteiger partial charge < -0.3 is 4.42 Å². The fourth-order valence-electron chi connectivity index (χ4n) is 3.75. The topological polar surface area (TPSA) is 53.0 Å². The summed E-state index contributed by atoms with van der Waals surface area (Å²) in [5.74, 6) is 0.692. The minimum Gasteiger partial charge on any atom is -0.443 e. The van der Waals surface area contributed by atoms with Gasteiger partial charge in [0.2, 0.25) is 0 Å². The summed E-state index contributed by atoms with van der Waals surface area (Å²) in [4.78, 5) is 17.3. The van der Waals surface area contributed by atoms with Crippen LogP contribution in [0.3, 0.4) is 0 Å². The van der Waals surface area contributed by atoms with E-state index in [1.54, 1.807) is 16.2 Å². The Hall–Kier alpha value is -3.86. The van der Waals surface area contributed by atoms with Gasteiger partial charge in [0.15, 0.2) is 12.2 Å². The summed E-state index contributed by atoms with van der Waals surface area (Å²) in [5, 5.41) is 0. The van der Waals surface area contributed by atoms with Crippen LogP contribution in [0.25, 0.3) is 39.3 Å². The van der Waals surface area contributed by atoms with E-state index in [1.165, 1.54) is 6.39 Å². The summed E-state index contributed by atoms with van der Waals surface area (Å²) in [6.45, 7) is 2.05. The lowest BCUT2D eigenvalue weighted by molar-refractivity contribution is 0.572. The minimum absolute atomic E-state index is 0.0835. The zero-order valence-electron chi connectivity index (χ0n) is 16.2. The summed E-state index contributed by atoms with van der Waals surface area (Å²) >= 11 is 0. The monoisotopic (exact) mass is 381 g/mol. The zero-order valence-corrected chi connectivity index (χ0v) is 16.2. The summed E-state index contributed by atoms with van der Waals surface area (Å²) < 4.78 is 9.13. The van der Waals surface area contributed by atoms with Crippen molar-refractivity contribution in [3.05, 3.63) is 95.2 Å². The van der Waals surface area contributed by atoms with Crippen LogP contribution in [0, 0.1) is 6.92 Å². The molecule has 5 aromatic rings. The van der Waals surface area contributed by atoms with Crippen LogP contribution in [0.1, 0.15) is 5.56 Å². The number of hydrogen-bond acceptors (Lipinski definition) is 3. The Morgan fingerprint density at radius 2 is 1.69 bits per heavy atom. The van der Waals surface area contributed by atoms with Crippen molar-refractivity contribution in [1.82, 2.24) is 14.1 Å². The molecule has 0 bridgehead atoms. The lowest BCUT2D eigenvalue weighted by atomic mass is 10.0. The van der Waals surface area contributed by atoms with Gasteiger partial charge in [-0.25, -0.2) is 9.78 Å². The van der Waals surface area contributed by atoms with Crippen LogP contribution in [0.4, 0.5) is 0 Å². The second-order valence-electron chi connectivity index (χ2n) is 7.12. The SMILES string of the molecule is Cc1cccc(-c2ncoc2-c2ccc3c(c2)n(C)c(=O)n3-c2ccccc2)c1. The summed E-state index contributed by atoms with van der Waals surface area (Å²) in [5.41, 5.74) is 6.29. The number of hydrogen-bond donors (Lipinski definition) is 0. The van der Waals surface area contributed by atoms with E-state index in [1.807, 2.05) is 60.7 Å². The van der Waals surface area contributed by atoms with Crippen molar-refractivity contribution in [1.29, 1.82) is 0 Å². The lowest BCUT2D eigenvalue weighted by Crippen LogP contribution is -2.20. The van der Waals surface area contributed by atoms with Crippen molar-refractivity contribution in [2.45, 2.75) is 6.92 Å². The van der Waals surface area contributed by atoms with Crippen LogP contribution in [0.15, 0.2) is 88.4 Å². The van der Waals surface area contributed by atoms with Gasteiger partial charge in [0.25, 0.3) is 0 Å². The van der Waals surface area contributed by atoms with E-state index < -0.39 is 0 Å². The molecule has 0 aliphatic heterocycles. The van der Waals surface area contributed by atoms with Gasteiger partial charge in [-0.2, -0.15) is 0 Å². The maximum Gasteiger partial charge on any atom is 0.333 e. The molecular weight excluding hydrogens is 362 g/mol. The average Bonchev–Trinajstić information content (AvgIpc) is 3.32. The number of oxazole rings is 1. The number of nitrogens with zero attached hydrogens (tertiary/aromatic N) is 3. The molecule has 2 aromatic heterocycles. The highest BCUT2D eigenvalue weighted by atomic mass is 16.3. The maximum atomic E-state index is 12.9. The van der Waals surface area contributed by atoms with Crippen LogP contribution < -0.4 is 5.69 Å². The van der Waals surface area contributed by atoms with E-state index in [9.17, 15) is 4.79 Å². The molecule has 5 nitrogen and oxygen atoms in total. The standard InChI is InChI=1S/C24H19N3O2/c1-16-7-6-8-17(13-16)22-23(29-15-25-22)18-11-12-20-21(14-18)26(2)24(28)27(20)19-9-4-3-5-10-19/h3-15H,1-2H3. The van der Waals surface area contributed by atoms with Gasteiger partial charge in [0.05, 0.1) is 16.7 Å². The quantitative estimate of drug-likeness (QED) is 0.444. The first-order valence-corrected chi connectivity index (χ1v) is 9.41. The Labute approximate surface area is 167 Å². The van der Waals surface area contributed by atoms with Gasteiger partial charge in [-0.05, 0) is 43.3 Å². The van der Waals surface area contributed by atoms with Crippen LogP contribution in [-0.2, 0) is 7.05 Å². The molecule has 0 spiro atoms. The summed E-state index contributed by atoms with van der Waals surface area (Å²) in [6, 6.07) is 23.7. The number of benzene rings is 3. The number of para-hydroxylation sites is 1. The van der Waals surface area contributed by atoms with E-state index in [0.29, 0.717) is 5.76 Å². The number of aromatic nitrogens is 3. The molecule has 0 saturated heterocycles. The zero-order chi connectivity index (χ0) is 20.0. The minimum atomic E-state index is -0.0835. The molecule has 0 fully saturated rings. The number of aryl methyl sites for hydroxylation is 2. The fourth-order valence-corrected chi connectivity index (χ4v) is 3.75. The van der Waals surface area contributed by atoms with Crippen LogP contribution in [0.2, 0.25) is 0 Å². The van der Waals surface area contributed by atoms with Crippen LogP contribution in [0.5, 0.6) is 0 Å². The van der Waals surface area contributed by atoms with E-state index >= 15 is 0 Å². The molecule has 29 heavy (non-hydrogen) atoms. The molecule has 0 N–H and O–H groups in total. The third-order valence-corrected chi connectivity index (χ3v) is 5.19. The molecule has 142 valence electrons. The van der Waals surface area contributed by atoms with E-state index in [4.69, 9.17) is 4.42 Å². The first-order chi connectivity index (χ1) is 14.1. The predicted molar refractivity (Wildman–Crippen MR) is 114 cm³/mol. The molecular formula is C24H19N3O2. The number of rotatable bonds is 3. The lowest BCUT2D eigenvalue weighted by Gasteiger charge is -2.05. The predicted octanol–water partition coefficient (Wildman–Crippen LogP) is 4.96. The molecule has 0 saturated carbocycles. The molecule has 2 heterocycles. The average molecular weight is 381 g/mol. The molecule has 0 aliphatic rings. The molecule has 3 aromatic carbocycles. The molecule has 5 rings (SSSR count). The third-order valence-electron chi connectivity index (χ3n) is 5.19. The Bertz CT molecular complexity index is 1390. The maximum absolute atomic E-state index is 12.9. The molecule has 0 unspecified atom stereocenters. The van der Waals surface area contributed by atoms with Crippen LogP contribution >= 0.6 is 0 Å². The Morgan fingerprint density at radius 1 is 0.862 bits per heavy atom. The van der Waals surface area contributed by atoms with Crippen molar-refractivity contribution >= 4 is 11.0 Å². The largest absolute Gasteiger partial charge is 0.443 e. The second kappa shape index (κ2) is 6.63. The Balaban J connectivity index is 1.69. The van der Waals surface area contributed by atoms with Crippen LogP contribution in [-0.4, -0.2) is 14.1 Å². The van der Waals surface area contributed by atoms with Crippen molar-refractivity contribution in [3.63, 3.8) is 0 Å². The van der Waals surface area contributed by atoms with E-state index in [-0.39, 0.29) is 5.69 Å². The molecule has 0 atom stereocenters. The van der Waals surface area contributed by atoms with E-state index in [2.05, 4.69) is 24.0 Å². The number of imidazole rings is 1. The van der Waals surface area contributed by atoms with Crippen molar-refractivity contribution < 1.29 is 4.42 Å². The third kappa shape index (κ3) is 2.79. The van der Waals surface area contributed by atoms with E-state index in [0.717, 1.165) is 39.1 Å². The Morgan fingerprint density at radius 3 is 2.48 bits per heavy atom. The van der Waals surface area contributed by atoms with Gasteiger partial charge in [-0.1, -0.05) is 42.0 Å². The molecule has 0 amide bonds. The highest BCUT2D eigenvalue weighted by molar-refractivity contribution is 5.86. The number of fused-ring (bicyclic) bond motifs is 1. The molecule has 5 heteroatoms. The normalized spacial score (nSPS) is 11.2. The summed E-state index contributed by atoms with van der Waals surface area (Å²) in [6.07, 6.45) is 1.46. The highest BCUT2D eigenvalue weighted by Gasteiger charge is 2.17. The first-order valence-electron chi connectivity index (χ1n) is 9.41. The highest BCUT2D eigenvalue weighted by Crippen LogP contribution is 2.33. The van der Waals surface area contributed by atoms with Crippen molar-refractivity contribution in [2.75, 3.05) is 0 Å². The van der Waals surface area contributed by atoms with Gasteiger partial charge >= 0.3 is 5.69 Å². The van der Waals surface area contributed by atoms with Gasteiger partial charge in [-0.3, -0.25) is 9.13 Å². The van der Waals surface area contributed by atoms with Gasteiger partial charge in [-0.15, -0.1) is 0 Å². The summed E-state index contributed by atoms with van der Waals surface area (Å²) in [7, 11) is 1.79. The van der Waals surface area contributed by atoms with Crippen molar-refractivity contribution in [2.24, 2.45) is 7.05 Å². The first kappa shape index (κ1) is 17.3. The van der Waals surface area contributed by atoms with Gasteiger partial charge in [0.1, 0.15) is 5.69 Å². The smallest absolute Gasteiger partial charge is 0.333 e.